The zero-order valence-corrected chi connectivity index (χ0v) is 12.6. The van der Waals surface area contributed by atoms with Gasteiger partial charge in [-0.1, -0.05) is 23.7 Å². The van der Waals surface area contributed by atoms with Crippen molar-refractivity contribution in [3.8, 4) is 23.3 Å². The summed E-state index contributed by atoms with van der Waals surface area (Å²) in [7, 11) is 0. The standard InChI is InChI=1S/C17H11ClN2O3/c18-10-3-1-2-9(4-10)16-11-5-14-15(22-8-21-14)6-13(11)23-17(20)12(16)7-19/h1-6,16H,8,20H2. The van der Waals surface area contributed by atoms with E-state index in [1.807, 2.05) is 24.3 Å². The molecule has 0 bridgehead atoms. The molecule has 0 fully saturated rings. The van der Waals surface area contributed by atoms with Gasteiger partial charge in [-0.15, -0.1) is 0 Å². The van der Waals surface area contributed by atoms with Crippen molar-refractivity contribution in [3.05, 3.63) is 64.0 Å². The molecule has 2 N–H and O–H groups in total. The van der Waals surface area contributed by atoms with E-state index in [9.17, 15) is 5.26 Å². The van der Waals surface area contributed by atoms with E-state index in [1.54, 1.807) is 12.1 Å². The minimum atomic E-state index is -0.364. The lowest BCUT2D eigenvalue weighted by molar-refractivity contribution is 0.174. The van der Waals surface area contributed by atoms with Crippen LogP contribution in [0.5, 0.6) is 17.2 Å². The second kappa shape index (κ2) is 5.11. The maximum atomic E-state index is 9.52. The van der Waals surface area contributed by atoms with E-state index in [0.29, 0.717) is 27.8 Å². The predicted octanol–water partition coefficient (Wildman–Crippen LogP) is 3.29. The van der Waals surface area contributed by atoms with Crippen LogP contribution in [0.25, 0.3) is 0 Å². The molecule has 5 nitrogen and oxygen atoms in total. The van der Waals surface area contributed by atoms with Crippen LogP contribution in [0.15, 0.2) is 47.9 Å². The Kier molecular flexibility index (Phi) is 3.07. The van der Waals surface area contributed by atoms with Gasteiger partial charge in [-0.05, 0) is 23.8 Å². The Morgan fingerprint density at radius 1 is 1.13 bits per heavy atom. The summed E-state index contributed by atoms with van der Waals surface area (Å²) in [5, 5.41) is 10.1. The van der Waals surface area contributed by atoms with Gasteiger partial charge in [0.1, 0.15) is 17.4 Å². The number of allylic oxidation sites excluding steroid dienone is 1. The molecule has 114 valence electrons. The molecule has 2 aliphatic rings. The summed E-state index contributed by atoms with van der Waals surface area (Å²) >= 11 is 6.11. The number of nitriles is 1. The topological polar surface area (TPSA) is 77.5 Å². The molecule has 0 saturated carbocycles. The molecule has 0 spiro atoms. The molecular weight excluding hydrogens is 316 g/mol. The summed E-state index contributed by atoms with van der Waals surface area (Å²) in [5.41, 5.74) is 7.95. The molecule has 0 amide bonds. The lowest BCUT2D eigenvalue weighted by Crippen LogP contribution is -2.21. The van der Waals surface area contributed by atoms with Crippen LogP contribution in [0.4, 0.5) is 0 Å². The van der Waals surface area contributed by atoms with E-state index in [-0.39, 0.29) is 18.6 Å². The first-order valence-electron chi connectivity index (χ1n) is 6.94. The first kappa shape index (κ1) is 13.8. The minimum absolute atomic E-state index is 0.0869. The average Bonchev–Trinajstić information content (AvgIpc) is 2.98. The first-order valence-corrected chi connectivity index (χ1v) is 7.32. The highest BCUT2D eigenvalue weighted by atomic mass is 35.5. The number of nitrogens with two attached hydrogens (primary N) is 1. The monoisotopic (exact) mass is 326 g/mol. The number of nitrogens with zero attached hydrogens (tertiary/aromatic N) is 1. The van der Waals surface area contributed by atoms with Crippen molar-refractivity contribution < 1.29 is 14.2 Å². The number of hydrogen-bond donors (Lipinski definition) is 1. The Balaban J connectivity index is 1.94. The number of hydrogen-bond acceptors (Lipinski definition) is 5. The van der Waals surface area contributed by atoms with Crippen molar-refractivity contribution in [2.75, 3.05) is 6.79 Å². The molecule has 0 aliphatic carbocycles. The molecule has 4 rings (SSSR count). The number of ether oxygens (including phenoxy) is 3. The van der Waals surface area contributed by atoms with Crippen molar-refractivity contribution in [1.82, 2.24) is 0 Å². The van der Waals surface area contributed by atoms with Gasteiger partial charge in [0.05, 0.1) is 5.92 Å². The Bertz CT molecular complexity index is 886. The van der Waals surface area contributed by atoms with E-state index in [2.05, 4.69) is 6.07 Å². The predicted molar refractivity (Wildman–Crippen MR) is 83.3 cm³/mol. The lowest BCUT2D eigenvalue weighted by Gasteiger charge is -2.26. The van der Waals surface area contributed by atoms with E-state index in [4.69, 9.17) is 31.5 Å². The lowest BCUT2D eigenvalue weighted by atomic mass is 9.83. The summed E-state index contributed by atoms with van der Waals surface area (Å²) in [6, 6.07) is 13.0. The highest BCUT2D eigenvalue weighted by Crippen LogP contribution is 2.47. The van der Waals surface area contributed by atoms with Crippen LogP contribution >= 0.6 is 11.6 Å². The zero-order chi connectivity index (χ0) is 16.0. The van der Waals surface area contributed by atoms with Crippen molar-refractivity contribution in [2.45, 2.75) is 5.92 Å². The summed E-state index contributed by atoms with van der Waals surface area (Å²) < 4.78 is 16.4. The van der Waals surface area contributed by atoms with E-state index >= 15 is 0 Å². The zero-order valence-electron chi connectivity index (χ0n) is 11.9. The molecule has 2 aromatic rings. The average molecular weight is 327 g/mol. The second-order valence-corrected chi connectivity index (χ2v) is 5.66. The fourth-order valence-corrected chi connectivity index (χ4v) is 3.07. The number of benzene rings is 2. The van der Waals surface area contributed by atoms with Gasteiger partial charge in [0, 0.05) is 16.7 Å². The van der Waals surface area contributed by atoms with Gasteiger partial charge in [0.2, 0.25) is 12.7 Å². The van der Waals surface area contributed by atoms with Crippen molar-refractivity contribution in [3.63, 3.8) is 0 Å². The molecule has 2 aliphatic heterocycles. The first-order chi connectivity index (χ1) is 11.2. The third-order valence-corrected chi connectivity index (χ3v) is 4.13. The van der Waals surface area contributed by atoms with Crippen LogP contribution in [-0.2, 0) is 0 Å². The third kappa shape index (κ3) is 2.16. The summed E-state index contributed by atoms with van der Waals surface area (Å²) in [6.07, 6.45) is 0. The highest BCUT2D eigenvalue weighted by Gasteiger charge is 2.33. The Hall–Kier alpha value is -2.84. The van der Waals surface area contributed by atoms with Crippen LogP contribution < -0.4 is 19.9 Å². The van der Waals surface area contributed by atoms with Crippen LogP contribution in [0.3, 0.4) is 0 Å². The number of rotatable bonds is 1. The SMILES string of the molecule is N#CC1=C(N)Oc2cc3c(cc2C1c1cccc(Cl)c1)OCO3. The highest BCUT2D eigenvalue weighted by molar-refractivity contribution is 6.30. The molecule has 1 atom stereocenters. The quantitative estimate of drug-likeness (QED) is 0.870. The summed E-state index contributed by atoms with van der Waals surface area (Å²) in [5.74, 6) is 1.50. The summed E-state index contributed by atoms with van der Waals surface area (Å²) in [4.78, 5) is 0. The fourth-order valence-electron chi connectivity index (χ4n) is 2.88. The number of fused-ring (bicyclic) bond motifs is 2. The molecule has 0 radical (unpaired) electrons. The van der Waals surface area contributed by atoms with Gasteiger partial charge in [-0.25, -0.2) is 0 Å². The third-order valence-electron chi connectivity index (χ3n) is 3.89. The van der Waals surface area contributed by atoms with Gasteiger partial charge in [-0.2, -0.15) is 5.26 Å². The minimum Gasteiger partial charge on any atom is -0.454 e. The second-order valence-electron chi connectivity index (χ2n) is 5.22. The van der Waals surface area contributed by atoms with Crippen molar-refractivity contribution in [1.29, 1.82) is 5.26 Å². The van der Waals surface area contributed by atoms with Gasteiger partial charge in [-0.3, -0.25) is 0 Å². The van der Waals surface area contributed by atoms with Gasteiger partial charge >= 0.3 is 0 Å². The molecule has 0 saturated heterocycles. The molecule has 23 heavy (non-hydrogen) atoms. The normalized spacial score (nSPS) is 18.2. The smallest absolute Gasteiger partial charge is 0.231 e. The van der Waals surface area contributed by atoms with E-state index in [0.717, 1.165) is 11.1 Å². The van der Waals surface area contributed by atoms with Crippen LogP contribution in [-0.4, -0.2) is 6.79 Å². The Morgan fingerprint density at radius 2 is 1.91 bits per heavy atom. The summed E-state index contributed by atoms with van der Waals surface area (Å²) in [6.45, 7) is 0.161. The molecule has 1 unspecified atom stereocenters. The van der Waals surface area contributed by atoms with E-state index in [1.165, 1.54) is 0 Å². The molecule has 2 aromatic carbocycles. The van der Waals surface area contributed by atoms with Gasteiger partial charge in [0.25, 0.3) is 0 Å². The molecule has 2 heterocycles. The van der Waals surface area contributed by atoms with Crippen LogP contribution in [0, 0.1) is 11.3 Å². The van der Waals surface area contributed by atoms with Crippen LogP contribution in [0.1, 0.15) is 17.0 Å². The number of halogens is 1. The Labute approximate surface area is 137 Å². The molecule has 6 heteroatoms. The van der Waals surface area contributed by atoms with Crippen molar-refractivity contribution >= 4 is 11.6 Å². The largest absolute Gasteiger partial charge is 0.454 e. The Morgan fingerprint density at radius 3 is 2.65 bits per heavy atom. The molecule has 0 aromatic heterocycles. The van der Waals surface area contributed by atoms with Gasteiger partial charge in [0.15, 0.2) is 11.5 Å². The fraction of sp³-hybridized carbons (Fsp3) is 0.118. The maximum Gasteiger partial charge on any atom is 0.231 e. The van der Waals surface area contributed by atoms with Crippen LogP contribution in [0.2, 0.25) is 5.02 Å². The molecular formula is C17H11ClN2O3. The van der Waals surface area contributed by atoms with Gasteiger partial charge < -0.3 is 19.9 Å². The maximum absolute atomic E-state index is 9.52. The van der Waals surface area contributed by atoms with E-state index < -0.39 is 0 Å². The van der Waals surface area contributed by atoms with Crippen molar-refractivity contribution in [2.24, 2.45) is 5.73 Å².